The largest absolute Gasteiger partial charge is 0.478 e. The zero-order valence-corrected chi connectivity index (χ0v) is 20.3. The van der Waals surface area contributed by atoms with Gasteiger partial charge in [-0.15, -0.1) is 11.8 Å². The maximum Gasteiger partial charge on any atom is 0.416 e. The van der Waals surface area contributed by atoms with Gasteiger partial charge in [0.1, 0.15) is 0 Å². The van der Waals surface area contributed by atoms with Crippen LogP contribution in [0, 0.1) is 0 Å². The number of carboxylic acid groups (broad SMARTS) is 1. The van der Waals surface area contributed by atoms with Gasteiger partial charge in [-0.05, 0) is 55.0 Å². The highest BCUT2D eigenvalue weighted by Gasteiger charge is 2.31. The number of amides is 2. The molecule has 0 aromatic heterocycles. The molecule has 3 rings (SSSR count). The molecule has 3 aromatic carbocycles. The van der Waals surface area contributed by atoms with Crippen LogP contribution in [-0.4, -0.2) is 28.1 Å². The van der Waals surface area contributed by atoms with E-state index < -0.39 is 34.8 Å². The average molecular weight is 537 g/mol. The summed E-state index contributed by atoms with van der Waals surface area (Å²) in [6.45, 7) is 1.75. The van der Waals surface area contributed by atoms with Gasteiger partial charge in [0, 0.05) is 10.6 Å². The summed E-state index contributed by atoms with van der Waals surface area (Å²) in [5.41, 5.74) is -0.853. The molecule has 0 fully saturated rings. The molecule has 36 heavy (non-hydrogen) atoms. The Bertz CT molecular complexity index is 1300. The third kappa shape index (κ3) is 6.79. The van der Waals surface area contributed by atoms with E-state index in [1.54, 1.807) is 37.3 Å². The van der Waals surface area contributed by atoms with Gasteiger partial charge in [-0.25, -0.2) is 4.79 Å². The Hall–Kier alpha value is -3.50. The fourth-order valence-electron chi connectivity index (χ4n) is 3.21. The Morgan fingerprint density at radius 3 is 2.31 bits per heavy atom. The van der Waals surface area contributed by atoms with Crippen molar-refractivity contribution >= 4 is 52.5 Å². The van der Waals surface area contributed by atoms with Crippen molar-refractivity contribution in [3.8, 4) is 0 Å². The van der Waals surface area contributed by atoms with E-state index in [4.69, 9.17) is 11.6 Å². The number of carbonyl (C=O) groups is 3. The summed E-state index contributed by atoms with van der Waals surface area (Å²) in [5, 5.41) is 13.7. The minimum absolute atomic E-state index is 0.00756. The number of anilines is 2. The summed E-state index contributed by atoms with van der Waals surface area (Å²) < 4.78 is 39.1. The Morgan fingerprint density at radius 1 is 0.972 bits per heavy atom. The second kappa shape index (κ2) is 11.5. The first-order chi connectivity index (χ1) is 17.0. The van der Waals surface area contributed by atoms with Gasteiger partial charge in [-0.3, -0.25) is 9.59 Å². The molecule has 0 saturated carbocycles. The lowest BCUT2D eigenvalue weighted by molar-refractivity contribution is -0.137. The quantitative estimate of drug-likeness (QED) is 0.275. The lowest BCUT2D eigenvalue weighted by atomic mass is 10.1. The molecule has 3 N–H and O–H groups in total. The SMILES string of the molecule is CCC(Sc1cccc(NC(=O)c2ccccc2C(=O)O)c1)C(=O)Nc1cc(C(F)(F)F)ccc1Cl. The molecule has 1 atom stereocenters. The summed E-state index contributed by atoms with van der Waals surface area (Å²) in [6, 6.07) is 15.0. The molecule has 3 aromatic rings. The minimum atomic E-state index is -4.58. The van der Waals surface area contributed by atoms with Gasteiger partial charge in [0.25, 0.3) is 5.91 Å². The number of halogens is 4. The van der Waals surface area contributed by atoms with Crippen LogP contribution in [0.4, 0.5) is 24.5 Å². The molecule has 0 spiro atoms. The second-order valence-electron chi connectivity index (χ2n) is 7.53. The Kier molecular flexibility index (Phi) is 8.65. The predicted molar refractivity (Wildman–Crippen MR) is 133 cm³/mol. The van der Waals surface area contributed by atoms with Crippen LogP contribution in [0.2, 0.25) is 5.02 Å². The molecular formula is C25H20ClF3N2O4S. The van der Waals surface area contributed by atoms with E-state index >= 15 is 0 Å². The average Bonchev–Trinajstić information content (AvgIpc) is 2.83. The number of carboxylic acids is 1. The Balaban J connectivity index is 1.73. The van der Waals surface area contributed by atoms with E-state index in [0.29, 0.717) is 17.0 Å². The molecule has 0 aliphatic heterocycles. The van der Waals surface area contributed by atoms with E-state index in [9.17, 15) is 32.7 Å². The van der Waals surface area contributed by atoms with Crippen LogP contribution in [0.25, 0.3) is 0 Å². The number of alkyl halides is 3. The minimum Gasteiger partial charge on any atom is -0.478 e. The third-order valence-electron chi connectivity index (χ3n) is 4.99. The first-order valence-electron chi connectivity index (χ1n) is 10.6. The summed E-state index contributed by atoms with van der Waals surface area (Å²) >= 11 is 7.14. The van der Waals surface area contributed by atoms with E-state index in [0.717, 1.165) is 30.0 Å². The Labute approximate surface area is 213 Å². The maximum atomic E-state index is 13.0. The number of hydrogen-bond donors (Lipinski definition) is 3. The molecule has 0 aliphatic rings. The number of hydrogen-bond acceptors (Lipinski definition) is 4. The Morgan fingerprint density at radius 2 is 1.67 bits per heavy atom. The zero-order valence-electron chi connectivity index (χ0n) is 18.7. The summed E-state index contributed by atoms with van der Waals surface area (Å²) in [6.07, 6.45) is -4.23. The van der Waals surface area contributed by atoms with Gasteiger partial charge in [-0.1, -0.05) is 36.7 Å². The highest BCUT2D eigenvalue weighted by atomic mass is 35.5. The molecule has 0 heterocycles. The molecule has 2 amide bonds. The van der Waals surface area contributed by atoms with E-state index in [1.807, 2.05) is 0 Å². The van der Waals surface area contributed by atoms with Crippen molar-refractivity contribution in [2.24, 2.45) is 0 Å². The summed E-state index contributed by atoms with van der Waals surface area (Å²) in [5.74, 6) is -2.38. The fourth-order valence-corrected chi connectivity index (χ4v) is 4.39. The molecule has 11 heteroatoms. The van der Waals surface area contributed by atoms with Crippen LogP contribution in [0.1, 0.15) is 39.6 Å². The molecule has 188 valence electrons. The first-order valence-corrected chi connectivity index (χ1v) is 11.8. The molecule has 0 bridgehead atoms. The number of nitrogens with one attached hydrogen (secondary N) is 2. The van der Waals surface area contributed by atoms with Crippen molar-refractivity contribution in [3.63, 3.8) is 0 Å². The summed E-state index contributed by atoms with van der Waals surface area (Å²) in [4.78, 5) is 37.4. The van der Waals surface area contributed by atoms with Crippen molar-refractivity contribution in [1.82, 2.24) is 0 Å². The van der Waals surface area contributed by atoms with Gasteiger partial charge >= 0.3 is 12.1 Å². The fraction of sp³-hybridized carbons (Fsp3) is 0.160. The predicted octanol–water partition coefficient (Wildman–Crippen LogP) is 6.82. The number of aromatic carboxylic acids is 1. The molecular weight excluding hydrogens is 517 g/mol. The number of thioether (sulfide) groups is 1. The van der Waals surface area contributed by atoms with E-state index in [1.165, 1.54) is 18.2 Å². The van der Waals surface area contributed by atoms with Crippen molar-refractivity contribution in [1.29, 1.82) is 0 Å². The smallest absolute Gasteiger partial charge is 0.416 e. The van der Waals surface area contributed by atoms with E-state index in [-0.39, 0.29) is 21.8 Å². The van der Waals surface area contributed by atoms with Crippen molar-refractivity contribution in [2.45, 2.75) is 29.7 Å². The second-order valence-corrected chi connectivity index (χ2v) is 9.21. The van der Waals surface area contributed by atoms with Gasteiger partial charge in [-0.2, -0.15) is 13.2 Å². The molecule has 0 radical (unpaired) electrons. The van der Waals surface area contributed by atoms with Crippen LogP contribution in [0.5, 0.6) is 0 Å². The monoisotopic (exact) mass is 536 g/mol. The van der Waals surface area contributed by atoms with Crippen LogP contribution in [0.15, 0.2) is 71.6 Å². The molecule has 6 nitrogen and oxygen atoms in total. The normalized spacial score (nSPS) is 12.0. The number of rotatable bonds is 8. The third-order valence-corrected chi connectivity index (χ3v) is 6.67. The summed E-state index contributed by atoms with van der Waals surface area (Å²) in [7, 11) is 0. The maximum absolute atomic E-state index is 13.0. The van der Waals surface area contributed by atoms with Crippen LogP contribution < -0.4 is 10.6 Å². The molecule has 0 saturated heterocycles. The topological polar surface area (TPSA) is 95.5 Å². The standard InChI is InChI=1S/C25H20ClF3N2O4S/c1-2-21(23(33)31-20-12-14(25(27,28)29)10-11-19(20)26)36-16-7-5-6-15(13-16)30-22(32)17-8-3-4-9-18(17)24(34)35/h3-13,21H,2H2,1H3,(H,30,32)(H,31,33)(H,34,35). The number of benzene rings is 3. The van der Waals surface area contributed by atoms with Crippen molar-refractivity contribution in [3.05, 3.63) is 88.4 Å². The van der Waals surface area contributed by atoms with Crippen LogP contribution in [0.3, 0.4) is 0 Å². The lowest BCUT2D eigenvalue weighted by Crippen LogP contribution is -2.25. The van der Waals surface area contributed by atoms with Crippen molar-refractivity contribution in [2.75, 3.05) is 10.6 Å². The number of carbonyl (C=O) groups excluding carboxylic acids is 2. The highest BCUT2D eigenvalue weighted by Crippen LogP contribution is 2.35. The molecule has 0 aliphatic carbocycles. The first kappa shape index (κ1) is 27.1. The van der Waals surface area contributed by atoms with Crippen molar-refractivity contribution < 1.29 is 32.7 Å². The van der Waals surface area contributed by atoms with Crippen LogP contribution >= 0.6 is 23.4 Å². The van der Waals surface area contributed by atoms with Crippen LogP contribution in [-0.2, 0) is 11.0 Å². The zero-order chi connectivity index (χ0) is 26.5. The van der Waals surface area contributed by atoms with Gasteiger partial charge < -0.3 is 15.7 Å². The van der Waals surface area contributed by atoms with E-state index in [2.05, 4.69) is 10.6 Å². The van der Waals surface area contributed by atoms with Gasteiger partial charge in [0.15, 0.2) is 0 Å². The van der Waals surface area contributed by atoms with Gasteiger partial charge in [0.2, 0.25) is 5.91 Å². The highest BCUT2D eigenvalue weighted by molar-refractivity contribution is 8.00. The lowest BCUT2D eigenvalue weighted by Gasteiger charge is -2.17. The molecule has 1 unspecified atom stereocenters. The van der Waals surface area contributed by atoms with Gasteiger partial charge in [0.05, 0.1) is 32.7 Å².